The van der Waals surface area contributed by atoms with Crippen molar-refractivity contribution in [2.45, 2.75) is 90.5 Å². The average Bonchev–Trinajstić information content (AvgIpc) is 2.52. The van der Waals surface area contributed by atoms with Crippen molar-refractivity contribution in [3.8, 4) is 0 Å². The van der Waals surface area contributed by atoms with E-state index < -0.39 is 11.8 Å². The van der Waals surface area contributed by atoms with Gasteiger partial charge in [0.15, 0.2) is 0 Å². The molecule has 128 valence electrons. The zero-order valence-electron chi connectivity index (χ0n) is 14.5. The number of carbonyl (C=O) groups is 2. The van der Waals surface area contributed by atoms with Gasteiger partial charge in [-0.25, -0.2) is 0 Å². The van der Waals surface area contributed by atoms with Gasteiger partial charge in [-0.2, -0.15) is 0 Å². The first-order chi connectivity index (χ1) is 10.6. The van der Waals surface area contributed by atoms with Crippen LogP contribution in [0.15, 0.2) is 0 Å². The second kappa shape index (κ2) is 11.5. The van der Waals surface area contributed by atoms with Gasteiger partial charge in [-0.05, 0) is 25.2 Å². The molecule has 0 saturated heterocycles. The second-order valence-electron chi connectivity index (χ2n) is 6.72. The summed E-state index contributed by atoms with van der Waals surface area (Å²) in [6.07, 6.45) is 13.0. The maximum atomic E-state index is 11.9. The average molecular weight is 310 g/mol. The van der Waals surface area contributed by atoms with Crippen molar-refractivity contribution >= 4 is 11.8 Å². The molecule has 0 aromatic carbocycles. The van der Waals surface area contributed by atoms with Gasteiger partial charge in [-0.1, -0.05) is 65.2 Å². The number of hydrogen-bond acceptors (Lipinski definition) is 2. The molecule has 0 aromatic heterocycles. The maximum absolute atomic E-state index is 11.9. The molecule has 2 atom stereocenters. The lowest BCUT2D eigenvalue weighted by Crippen LogP contribution is -2.47. The zero-order valence-corrected chi connectivity index (χ0v) is 14.5. The first-order valence-electron chi connectivity index (χ1n) is 9.23. The van der Waals surface area contributed by atoms with Crippen LogP contribution in [0.4, 0.5) is 0 Å². The fourth-order valence-electron chi connectivity index (χ4n) is 3.13. The highest BCUT2D eigenvalue weighted by molar-refractivity contribution is 6.35. The van der Waals surface area contributed by atoms with Crippen molar-refractivity contribution in [1.82, 2.24) is 10.6 Å². The molecule has 1 fully saturated rings. The van der Waals surface area contributed by atoms with Gasteiger partial charge in [-0.3, -0.25) is 9.59 Å². The summed E-state index contributed by atoms with van der Waals surface area (Å²) in [6, 6.07) is 0.172. The lowest BCUT2D eigenvalue weighted by atomic mass is 9.86. The minimum absolute atomic E-state index is 0.172. The summed E-state index contributed by atoms with van der Waals surface area (Å²) in [5, 5.41) is 5.63. The van der Waals surface area contributed by atoms with E-state index in [0.29, 0.717) is 12.5 Å². The molecule has 2 N–H and O–H groups in total. The highest BCUT2D eigenvalue weighted by Gasteiger charge is 2.25. The van der Waals surface area contributed by atoms with E-state index in [1.807, 2.05) is 0 Å². The van der Waals surface area contributed by atoms with Gasteiger partial charge >= 0.3 is 11.8 Å². The third-order valence-corrected chi connectivity index (χ3v) is 4.70. The van der Waals surface area contributed by atoms with Crippen molar-refractivity contribution in [2.75, 3.05) is 6.54 Å². The van der Waals surface area contributed by atoms with Crippen LogP contribution in [0.25, 0.3) is 0 Å². The molecule has 0 radical (unpaired) electrons. The van der Waals surface area contributed by atoms with E-state index in [1.165, 1.54) is 38.5 Å². The molecule has 1 aliphatic carbocycles. The molecule has 4 nitrogen and oxygen atoms in total. The van der Waals surface area contributed by atoms with Crippen LogP contribution in [0, 0.1) is 5.92 Å². The van der Waals surface area contributed by atoms with Crippen LogP contribution >= 0.6 is 0 Å². The van der Waals surface area contributed by atoms with Crippen LogP contribution in [0.2, 0.25) is 0 Å². The molecule has 0 spiro atoms. The summed E-state index contributed by atoms with van der Waals surface area (Å²) in [5.74, 6) is -0.445. The van der Waals surface area contributed by atoms with Crippen LogP contribution < -0.4 is 10.6 Å². The van der Waals surface area contributed by atoms with Gasteiger partial charge < -0.3 is 10.6 Å². The Morgan fingerprint density at radius 2 is 1.55 bits per heavy atom. The standard InChI is InChI=1S/C18H34N2O2/c1-3-4-5-6-7-8-11-14-19-17(21)18(22)20-16-13-10-9-12-15(16)2/h15-16H,3-14H2,1-2H3,(H,19,21)(H,20,22)/t15-,16-/m1/s1. The summed E-state index contributed by atoms with van der Waals surface area (Å²) < 4.78 is 0. The predicted molar refractivity (Wildman–Crippen MR) is 90.6 cm³/mol. The molecule has 0 bridgehead atoms. The van der Waals surface area contributed by atoms with Crippen LogP contribution in [0.3, 0.4) is 0 Å². The molecule has 0 aromatic rings. The normalized spacial score (nSPS) is 21.4. The number of unbranched alkanes of at least 4 members (excludes halogenated alkanes) is 6. The first-order valence-corrected chi connectivity index (χ1v) is 9.23. The molecule has 1 rings (SSSR count). The Morgan fingerprint density at radius 1 is 0.909 bits per heavy atom. The molecule has 1 saturated carbocycles. The molecule has 2 amide bonds. The Hall–Kier alpha value is -1.06. The van der Waals surface area contributed by atoms with E-state index in [4.69, 9.17) is 0 Å². The van der Waals surface area contributed by atoms with E-state index in [0.717, 1.165) is 32.1 Å². The molecule has 1 aliphatic rings. The van der Waals surface area contributed by atoms with Crippen molar-refractivity contribution < 1.29 is 9.59 Å². The molecule has 22 heavy (non-hydrogen) atoms. The van der Waals surface area contributed by atoms with Crippen molar-refractivity contribution in [2.24, 2.45) is 5.92 Å². The lowest BCUT2D eigenvalue weighted by Gasteiger charge is -2.29. The van der Waals surface area contributed by atoms with Gasteiger partial charge in [0, 0.05) is 12.6 Å². The molecule has 0 aliphatic heterocycles. The van der Waals surface area contributed by atoms with Crippen LogP contribution in [-0.4, -0.2) is 24.4 Å². The largest absolute Gasteiger partial charge is 0.348 e. The fraction of sp³-hybridized carbons (Fsp3) is 0.889. The quantitative estimate of drug-likeness (QED) is 0.505. The number of carbonyl (C=O) groups excluding carboxylic acids is 2. The smallest absolute Gasteiger partial charge is 0.309 e. The molecule has 0 unspecified atom stereocenters. The Morgan fingerprint density at radius 3 is 2.23 bits per heavy atom. The lowest BCUT2D eigenvalue weighted by molar-refractivity contribution is -0.140. The zero-order chi connectivity index (χ0) is 16.2. The topological polar surface area (TPSA) is 58.2 Å². The number of amides is 2. The SMILES string of the molecule is CCCCCCCCCNC(=O)C(=O)N[C@@H]1CCCC[C@H]1C. The fourth-order valence-corrected chi connectivity index (χ4v) is 3.13. The Balaban J connectivity index is 2.05. The van der Waals surface area contributed by atoms with Crippen molar-refractivity contribution in [1.29, 1.82) is 0 Å². The highest BCUT2D eigenvalue weighted by atomic mass is 16.2. The van der Waals surface area contributed by atoms with E-state index in [1.54, 1.807) is 0 Å². The molecular formula is C18H34N2O2. The summed E-state index contributed by atoms with van der Waals surface area (Å²) in [4.78, 5) is 23.6. The minimum atomic E-state index is -0.469. The number of nitrogens with one attached hydrogen (secondary N) is 2. The Bertz CT molecular complexity index is 331. The van der Waals surface area contributed by atoms with E-state index >= 15 is 0 Å². The summed E-state index contributed by atoms with van der Waals surface area (Å²) in [6.45, 7) is 4.98. The van der Waals surface area contributed by atoms with Gasteiger partial charge in [0.05, 0.1) is 0 Å². The summed E-state index contributed by atoms with van der Waals surface area (Å²) in [7, 11) is 0. The number of hydrogen-bond donors (Lipinski definition) is 2. The Kier molecular flexibility index (Phi) is 9.93. The van der Waals surface area contributed by atoms with Crippen LogP contribution in [0.1, 0.15) is 84.5 Å². The Labute approximate surface area is 135 Å². The number of rotatable bonds is 9. The van der Waals surface area contributed by atoms with Gasteiger partial charge in [0.2, 0.25) is 0 Å². The molecule has 0 heterocycles. The molecular weight excluding hydrogens is 276 g/mol. The van der Waals surface area contributed by atoms with Crippen LogP contribution in [-0.2, 0) is 9.59 Å². The van der Waals surface area contributed by atoms with Crippen LogP contribution in [0.5, 0.6) is 0 Å². The van der Waals surface area contributed by atoms with Gasteiger partial charge in [0.1, 0.15) is 0 Å². The van der Waals surface area contributed by atoms with Crippen molar-refractivity contribution in [3.05, 3.63) is 0 Å². The van der Waals surface area contributed by atoms with Crippen molar-refractivity contribution in [3.63, 3.8) is 0 Å². The summed E-state index contributed by atoms with van der Waals surface area (Å²) in [5.41, 5.74) is 0. The summed E-state index contributed by atoms with van der Waals surface area (Å²) >= 11 is 0. The molecule has 4 heteroatoms. The van der Waals surface area contributed by atoms with E-state index in [2.05, 4.69) is 24.5 Å². The minimum Gasteiger partial charge on any atom is -0.348 e. The predicted octanol–water partition coefficient (Wildman–Crippen LogP) is 3.55. The third-order valence-electron chi connectivity index (χ3n) is 4.70. The first kappa shape index (κ1) is 19.0. The highest BCUT2D eigenvalue weighted by Crippen LogP contribution is 2.23. The third kappa shape index (κ3) is 7.81. The van der Waals surface area contributed by atoms with Gasteiger partial charge in [-0.15, -0.1) is 0 Å². The monoisotopic (exact) mass is 310 g/mol. The van der Waals surface area contributed by atoms with E-state index in [-0.39, 0.29) is 6.04 Å². The second-order valence-corrected chi connectivity index (χ2v) is 6.72. The maximum Gasteiger partial charge on any atom is 0.309 e. The van der Waals surface area contributed by atoms with Gasteiger partial charge in [0.25, 0.3) is 0 Å². The van der Waals surface area contributed by atoms with E-state index in [9.17, 15) is 9.59 Å².